The Balaban J connectivity index is 1.42. The highest BCUT2D eigenvalue weighted by Gasteiger charge is 2.34. The molecule has 2 unspecified atom stereocenters. The Bertz CT molecular complexity index is 1040. The molecule has 0 spiro atoms. The van der Waals surface area contributed by atoms with Crippen molar-refractivity contribution in [2.24, 2.45) is 0 Å². The fourth-order valence-corrected chi connectivity index (χ4v) is 3.35. The molecule has 2 atom stereocenters. The number of nitrogens with zero attached hydrogens (tertiary/aromatic N) is 1. The molecule has 0 radical (unpaired) electrons. The van der Waals surface area contributed by atoms with Gasteiger partial charge in [0.05, 0.1) is 12.1 Å². The Morgan fingerprint density at radius 3 is 2.82 bits per heavy atom. The Morgan fingerprint density at radius 1 is 1.14 bits per heavy atom. The van der Waals surface area contributed by atoms with Gasteiger partial charge in [-0.3, -0.25) is 19.0 Å². The van der Waals surface area contributed by atoms with Crippen LogP contribution < -0.4 is 5.32 Å². The minimum Gasteiger partial charge on any atom is -0.420 e. The van der Waals surface area contributed by atoms with Crippen LogP contribution in [-0.2, 0) is 32.1 Å². The van der Waals surface area contributed by atoms with Gasteiger partial charge in [-0.2, -0.15) is 0 Å². The third kappa shape index (κ3) is 3.58. The number of cyclic esters (lactones) is 1. The van der Waals surface area contributed by atoms with E-state index in [0.717, 1.165) is 34.7 Å². The molecule has 0 saturated carbocycles. The molecule has 142 valence electrons. The molecule has 3 aromatic rings. The van der Waals surface area contributed by atoms with Gasteiger partial charge in [-0.1, -0.05) is 36.4 Å². The second kappa shape index (κ2) is 7.75. The van der Waals surface area contributed by atoms with Crippen LogP contribution in [0.2, 0.25) is 0 Å². The normalized spacial score (nSPS) is 18.9. The number of para-hydroxylation sites is 1. The number of rotatable bonds is 7. The molecule has 1 aliphatic heterocycles. The molecule has 2 aromatic carbocycles. The topological polar surface area (TPSA) is 86.6 Å². The molecule has 4 rings (SSSR count). The summed E-state index contributed by atoms with van der Waals surface area (Å²) in [5.74, 6) is -0.408. The molecule has 1 N–H and O–H groups in total. The molecule has 2 heterocycles. The summed E-state index contributed by atoms with van der Waals surface area (Å²) in [6.07, 6.45) is 2.75. The molecule has 7 nitrogen and oxygen atoms in total. The van der Waals surface area contributed by atoms with Crippen LogP contribution in [0.4, 0.5) is 0 Å². The van der Waals surface area contributed by atoms with Crippen molar-refractivity contribution < 1.29 is 23.9 Å². The predicted octanol–water partition coefficient (Wildman–Crippen LogP) is 2.05. The van der Waals surface area contributed by atoms with Gasteiger partial charge in [-0.05, 0) is 23.3 Å². The lowest BCUT2D eigenvalue weighted by molar-refractivity contribution is -0.167. The third-order valence-electron chi connectivity index (χ3n) is 4.69. The molecule has 1 aromatic heterocycles. The number of fused-ring (bicyclic) bond motifs is 1. The SMILES string of the molecule is O=Cc1cccc(COC2NC(Cc3cn(C=O)c4ccccc34)C(=O)O2)c1. The van der Waals surface area contributed by atoms with Gasteiger partial charge in [0.1, 0.15) is 12.3 Å². The second-order valence-corrected chi connectivity index (χ2v) is 6.55. The molecule has 0 amide bonds. The fourth-order valence-electron chi connectivity index (χ4n) is 3.35. The quantitative estimate of drug-likeness (QED) is 0.500. The number of esters is 1. The maximum atomic E-state index is 12.2. The average Bonchev–Trinajstić information content (AvgIpc) is 3.27. The van der Waals surface area contributed by atoms with Gasteiger partial charge in [-0.15, -0.1) is 0 Å². The van der Waals surface area contributed by atoms with Gasteiger partial charge in [0.25, 0.3) is 6.41 Å². The predicted molar refractivity (Wildman–Crippen MR) is 101 cm³/mol. The van der Waals surface area contributed by atoms with Crippen LogP contribution in [0.1, 0.15) is 21.5 Å². The van der Waals surface area contributed by atoms with Crippen LogP contribution in [0.5, 0.6) is 0 Å². The average molecular weight is 378 g/mol. The van der Waals surface area contributed by atoms with E-state index in [1.54, 1.807) is 24.4 Å². The Kier molecular flexibility index (Phi) is 5.01. The maximum absolute atomic E-state index is 12.2. The van der Waals surface area contributed by atoms with Crippen molar-refractivity contribution in [2.75, 3.05) is 0 Å². The van der Waals surface area contributed by atoms with Gasteiger partial charge >= 0.3 is 5.97 Å². The lowest BCUT2D eigenvalue weighted by Crippen LogP contribution is -2.34. The van der Waals surface area contributed by atoms with Crippen LogP contribution in [0.15, 0.2) is 54.7 Å². The van der Waals surface area contributed by atoms with Crippen molar-refractivity contribution in [1.82, 2.24) is 9.88 Å². The first-order chi connectivity index (χ1) is 13.7. The van der Waals surface area contributed by atoms with Gasteiger partial charge in [0.15, 0.2) is 0 Å². The number of aldehydes is 1. The number of carbonyl (C=O) groups is 3. The number of hydrogen-bond donors (Lipinski definition) is 1. The number of nitrogens with one attached hydrogen (secondary N) is 1. The summed E-state index contributed by atoms with van der Waals surface area (Å²) in [7, 11) is 0. The third-order valence-corrected chi connectivity index (χ3v) is 4.69. The largest absolute Gasteiger partial charge is 0.420 e. The van der Waals surface area contributed by atoms with E-state index in [1.807, 2.05) is 30.3 Å². The molecule has 7 heteroatoms. The smallest absolute Gasteiger partial charge is 0.326 e. The zero-order valence-corrected chi connectivity index (χ0v) is 14.9. The van der Waals surface area contributed by atoms with E-state index < -0.39 is 18.4 Å². The van der Waals surface area contributed by atoms with Crippen molar-refractivity contribution in [3.05, 3.63) is 71.4 Å². The van der Waals surface area contributed by atoms with E-state index in [2.05, 4.69) is 5.32 Å². The highest BCUT2D eigenvalue weighted by Crippen LogP contribution is 2.23. The number of hydrogen-bond acceptors (Lipinski definition) is 6. The van der Waals surface area contributed by atoms with Gasteiger partial charge in [0, 0.05) is 23.6 Å². The van der Waals surface area contributed by atoms with Gasteiger partial charge in [-0.25, -0.2) is 5.32 Å². The molecular weight excluding hydrogens is 360 g/mol. The minimum atomic E-state index is -0.864. The summed E-state index contributed by atoms with van der Waals surface area (Å²) in [6.45, 7) is 0.198. The van der Waals surface area contributed by atoms with Crippen molar-refractivity contribution in [3.8, 4) is 0 Å². The Hall–Kier alpha value is -3.29. The van der Waals surface area contributed by atoms with Crippen molar-refractivity contribution in [2.45, 2.75) is 25.5 Å². The van der Waals surface area contributed by atoms with Crippen LogP contribution >= 0.6 is 0 Å². The fraction of sp³-hybridized carbons (Fsp3) is 0.190. The Morgan fingerprint density at radius 2 is 2.00 bits per heavy atom. The minimum absolute atomic E-state index is 0.198. The van der Waals surface area contributed by atoms with Gasteiger partial charge < -0.3 is 9.47 Å². The van der Waals surface area contributed by atoms with Crippen LogP contribution in [0, 0.1) is 0 Å². The molecular formula is C21H18N2O5. The van der Waals surface area contributed by atoms with E-state index in [0.29, 0.717) is 12.0 Å². The van der Waals surface area contributed by atoms with E-state index in [-0.39, 0.29) is 6.61 Å². The first-order valence-corrected chi connectivity index (χ1v) is 8.84. The zero-order chi connectivity index (χ0) is 19.5. The number of aromatic nitrogens is 1. The van der Waals surface area contributed by atoms with E-state index in [9.17, 15) is 14.4 Å². The van der Waals surface area contributed by atoms with E-state index >= 15 is 0 Å². The monoisotopic (exact) mass is 378 g/mol. The van der Waals surface area contributed by atoms with Crippen LogP contribution in [-0.4, -0.2) is 35.7 Å². The lowest BCUT2D eigenvalue weighted by Gasteiger charge is -2.11. The zero-order valence-electron chi connectivity index (χ0n) is 14.9. The lowest BCUT2D eigenvalue weighted by atomic mass is 10.1. The number of benzene rings is 2. The first-order valence-electron chi connectivity index (χ1n) is 8.84. The molecule has 0 bridgehead atoms. The molecule has 28 heavy (non-hydrogen) atoms. The summed E-state index contributed by atoms with van der Waals surface area (Å²) in [5, 5.41) is 3.93. The number of ether oxygens (including phenoxy) is 2. The second-order valence-electron chi connectivity index (χ2n) is 6.55. The standard InChI is InChI=1S/C21H18N2O5/c24-11-14-4-3-5-15(8-14)12-27-21-22-18(20(26)28-21)9-16-10-23(13-25)19-7-2-1-6-17(16)19/h1-8,10-11,13,18,21-22H,9,12H2. The van der Waals surface area contributed by atoms with Gasteiger partial charge in [0.2, 0.25) is 6.41 Å². The first kappa shape index (κ1) is 18.1. The van der Waals surface area contributed by atoms with Crippen molar-refractivity contribution in [3.63, 3.8) is 0 Å². The van der Waals surface area contributed by atoms with Crippen molar-refractivity contribution >= 4 is 29.6 Å². The van der Waals surface area contributed by atoms with E-state index in [4.69, 9.17) is 9.47 Å². The summed E-state index contributed by atoms with van der Waals surface area (Å²) < 4.78 is 12.4. The summed E-state index contributed by atoms with van der Waals surface area (Å²) in [5.41, 5.74) is 3.03. The maximum Gasteiger partial charge on any atom is 0.326 e. The van der Waals surface area contributed by atoms with E-state index in [1.165, 1.54) is 4.57 Å². The van der Waals surface area contributed by atoms with Crippen LogP contribution in [0.25, 0.3) is 10.9 Å². The summed E-state index contributed by atoms with van der Waals surface area (Å²) in [6, 6.07) is 14.0. The molecule has 1 aliphatic rings. The summed E-state index contributed by atoms with van der Waals surface area (Å²) in [4.78, 5) is 34.3. The van der Waals surface area contributed by atoms with Crippen LogP contribution in [0.3, 0.4) is 0 Å². The highest BCUT2D eigenvalue weighted by atomic mass is 16.7. The molecule has 1 saturated heterocycles. The number of carbonyl (C=O) groups excluding carboxylic acids is 3. The Labute approximate surface area is 160 Å². The highest BCUT2D eigenvalue weighted by molar-refractivity contribution is 5.89. The van der Waals surface area contributed by atoms with Crippen molar-refractivity contribution in [1.29, 1.82) is 0 Å². The molecule has 0 aliphatic carbocycles. The molecule has 1 fully saturated rings. The summed E-state index contributed by atoms with van der Waals surface area (Å²) >= 11 is 0.